The lowest BCUT2D eigenvalue weighted by atomic mass is 9.84. The molecular formula is C16H24O3. The topological polar surface area (TPSA) is 46.5 Å². The van der Waals surface area contributed by atoms with Crippen molar-refractivity contribution in [3.63, 3.8) is 0 Å². The van der Waals surface area contributed by atoms with Crippen molar-refractivity contribution in [2.24, 2.45) is 5.92 Å². The summed E-state index contributed by atoms with van der Waals surface area (Å²) in [7, 11) is 1.62. The summed E-state index contributed by atoms with van der Waals surface area (Å²) < 4.78 is 5.35. The Morgan fingerprint density at radius 2 is 2.00 bits per heavy atom. The highest BCUT2D eigenvalue weighted by molar-refractivity contribution is 5.70. The van der Waals surface area contributed by atoms with Crippen molar-refractivity contribution >= 4 is 5.97 Å². The van der Waals surface area contributed by atoms with E-state index in [1.54, 1.807) is 7.11 Å². The van der Waals surface area contributed by atoms with Gasteiger partial charge in [-0.1, -0.05) is 39.8 Å². The fourth-order valence-corrected chi connectivity index (χ4v) is 2.08. The predicted molar refractivity (Wildman–Crippen MR) is 76.8 cm³/mol. The predicted octanol–water partition coefficient (Wildman–Crippen LogP) is 3.65. The molecule has 0 aliphatic heterocycles. The van der Waals surface area contributed by atoms with Gasteiger partial charge < -0.3 is 9.84 Å². The van der Waals surface area contributed by atoms with Crippen molar-refractivity contribution in [2.75, 3.05) is 7.11 Å². The third-order valence-corrected chi connectivity index (χ3v) is 3.45. The first-order chi connectivity index (χ1) is 8.79. The van der Waals surface area contributed by atoms with Crippen LogP contribution in [0.3, 0.4) is 0 Å². The van der Waals surface area contributed by atoms with Crippen LogP contribution in [0, 0.1) is 5.92 Å². The number of hydrogen-bond donors (Lipinski definition) is 1. The molecule has 1 N–H and O–H groups in total. The third-order valence-electron chi connectivity index (χ3n) is 3.45. The molecule has 1 atom stereocenters. The SMILES string of the molecule is CCC(Cc1cc(C(C)(C)C)ccc1OC)C(=O)O. The van der Waals surface area contributed by atoms with Gasteiger partial charge >= 0.3 is 5.97 Å². The summed E-state index contributed by atoms with van der Waals surface area (Å²) >= 11 is 0. The minimum atomic E-state index is -0.745. The molecule has 0 amide bonds. The average Bonchev–Trinajstić information content (AvgIpc) is 2.34. The molecule has 1 aromatic rings. The Bertz CT molecular complexity index is 444. The van der Waals surface area contributed by atoms with E-state index in [4.69, 9.17) is 4.74 Å². The molecule has 0 radical (unpaired) electrons. The highest BCUT2D eigenvalue weighted by atomic mass is 16.5. The summed E-state index contributed by atoms with van der Waals surface area (Å²) in [5, 5.41) is 9.19. The van der Waals surface area contributed by atoms with Crippen LogP contribution >= 0.6 is 0 Å². The highest BCUT2D eigenvalue weighted by Gasteiger charge is 2.20. The second kappa shape index (κ2) is 6.09. The van der Waals surface area contributed by atoms with Gasteiger partial charge in [0.25, 0.3) is 0 Å². The Morgan fingerprint density at radius 3 is 2.42 bits per heavy atom. The zero-order valence-electron chi connectivity index (χ0n) is 12.5. The lowest BCUT2D eigenvalue weighted by Gasteiger charge is -2.22. The van der Waals surface area contributed by atoms with Gasteiger partial charge in [-0.05, 0) is 35.4 Å². The fraction of sp³-hybridized carbons (Fsp3) is 0.562. The summed E-state index contributed by atoms with van der Waals surface area (Å²) in [5.74, 6) is -0.331. The Hall–Kier alpha value is -1.51. The molecule has 1 unspecified atom stereocenters. The van der Waals surface area contributed by atoms with E-state index in [1.165, 1.54) is 5.56 Å². The summed E-state index contributed by atoms with van der Waals surface area (Å²) in [6.45, 7) is 8.34. The van der Waals surface area contributed by atoms with Crippen molar-refractivity contribution in [1.82, 2.24) is 0 Å². The van der Waals surface area contributed by atoms with Crippen molar-refractivity contribution in [3.05, 3.63) is 29.3 Å². The van der Waals surface area contributed by atoms with Crippen LogP contribution in [0.5, 0.6) is 5.75 Å². The molecule has 0 saturated heterocycles. The van der Waals surface area contributed by atoms with Gasteiger partial charge in [-0.15, -0.1) is 0 Å². The van der Waals surface area contributed by atoms with E-state index in [1.807, 2.05) is 19.1 Å². The molecule has 1 rings (SSSR count). The Labute approximate surface area is 115 Å². The largest absolute Gasteiger partial charge is 0.496 e. The normalized spacial score (nSPS) is 13.1. The van der Waals surface area contributed by atoms with Gasteiger partial charge in [0.2, 0.25) is 0 Å². The summed E-state index contributed by atoms with van der Waals surface area (Å²) in [4.78, 5) is 11.2. The van der Waals surface area contributed by atoms with Crippen molar-refractivity contribution in [2.45, 2.75) is 46.0 Å². The van der Waals surface area contributed by atoms with E-state index in [0.29, 0.717) is 12.8 Å². The second-order valence-corrected chi connectivity index (χ2v) is 5.92. The van der Waals surface area contributed by atoms with E-state index in [9.17, 15) is 9.90 Å². The van der Waals surface area contributed by atoms with Gasteiger partial charge in [-0.2, -0.15) is 0 Å². The summed E-state index contributed by atoms with van der Waals surface area (Å²) in [6, 6.07) is 6.05. The van der Waals surface area contributed by atoms with E-state index in [2.05, 4.69) is 26.8 Å². The first kappa shape index (κ1) is 15.5. The van der Waals surface area contributed by atoms with Gasteiger partial charge in [0.15, 0.2) is 0 Å². The smallest absolute Gasteiger partial charge is 0.306 e. The zero-order valence-corrected chi connectivity index (χ0v) is 12.5. The zero-order chi connectivity index (χ0) is 14.6. The molecular weight excluding hydrogens is 240 g/mol. The van der Waals surface area contributed by atoms with Gasteiger partial charge in [0, 0.05) is 0 Å². The molecule has 3 heteroatoms. The van der Waals surface area contributed by atoms with Gasteiger partial charge in [0.05, 0.1) is 13.0 Å². The second-order valence-electron chi connectivity index (χ2n) is 5.92. The third kappa shape index (κ3) is 3.98. The molecule has 0 bridgehead atoms. The number of carbonyl (C=O) groups is 1. The molecule has 1 aromatic carbocycles. The summed E-state index contributed by atoms with van der Waals surface area (Å²) in [6.07, 6.45) is 1.14. The van der Waals surface area contributed by atoms with Crippen LogP contribution in [0.15, 0.2) is 18.2 Å². The maximum Gasteiger partial charge on any atom is 0.306 e. The lowest BCUT2D eigenvalue weighted by Crippen LogP contribution is -2.17. The first-order valence-corrected chi connectivity index (χ1v) is 6.69. The Kier molecular flexibility index (Phi) is 4.98. The average molecular weight is 264 g/mol. The number of carboxylic acid groups (broad SMARTS) is 1. The molecule has 19 heavy (non-hydrogen) atoms. The molecule has 0 spiro atoms. The number of methoxy groups -OCH3 is 1. The molecule has 0 aliphatic rings. The van der Waals surface area contributed by atoms with Gasteiger partial charge in [-0.25, -0.2) is 0 Å². The standard InChI is InChI=1S/C16H24O3/c1-6-11(15(17)18)9-12-10-13(16(2,3)4)7-8-14(12)19-5/h7-8,10-11H,6,9H2,1-5H3,(H,17,18). The molecule has 0 fully saturated rings. The van der Waals surface area contributed by atoms with Crippen LogP contribution in [-0.2, 0) is 16.6 Å². The number of rotatable bonds is 5. The molecule has 0 aliphatic carbocycles. The molecule has 106 valence electrons. The number of hydrogen-bond acceptors (Lipinski definition) is 2. The van der Waals surface area contributed by atoms with Crippen molar-refractivity contribution in [3.8, 4) is 5.75 Å². The van der Waals surface area contributed by atoms with E-state index < -0.39 is 5.97 Å². The highest BCUT2D eigenvalue weighted by Crippen LogP contribution is 2.30. The fourth-order valence-electron chi connectivity index (χ4n) is 2.08. The van der Waals surface area contributed by atoms with Crippen LogP contribution in [0.25, 0.3) is 0 Å². The van der Waals surface area contributed by atoms with Crippen LogP contribution in [0.1, 0.15) is 45.2 Å². The minimum absolute atomic E-state index is 0.0476. The minimum Gasteiger partial charge on any atom is -0.496 e. The first-order valence-electron chi connectivity index (χ1n) is 6.69. The van der Waals surface area contributed by atoms with Crippen molar-refractivity contribution < 1.29 is 14.6 Å². The quantitative estimate of drug-likeness (QED) is 0.883. The van der Waals surface area contributed by atoms with Crippen LogP contribution in [-0.4, -0.2) is 18.2 Å². The molecule has 3 nitrogen and oxygen atoms in total. The van der Waals surface area contributed by atoms with Gasteiger partial charge in [-0.3, -0.25) is 4.79 Å². The van der Waals surface area contributed by atoms with E-state index >= 15 is 0 Å². The van der Waals surface area contributed by atoms with Crippen LogP contribution < -0.4 is 4.74 Å². The number of carboxylic acids is 1. The Morgan fingerprint density at radius 1 is 1.37 bits per heavy atom. The van der Waals surface area contributed by atoms with E-state index in [0.717, 1.165) is 11.3 Å². The number of aliphatic carboxylic acids is 1. The van der Waals surface area contributed by atoms with Crippen LogP contribution in [0.2, 0.25) is 0 Å². The number of ether oxygens (including phenoxy) is 1. The summed E-state index contributed by atoms with van der Waals surface area (Å²) in [5.41, 5.74) is 2.22. The van der Waals surface area contributed by atoms with E-state index in [-0.39, 0.29) is 11.3 Å². The maximum absolute atomic E-state index is 11.2. The maximum atomic E-state index is 11.2. The molecule has 0 aromatic heterocycles. The lowest BCUT2D eigenvalue weighted by molar-refractivity contribution is -0.141. The Balaban J connectivity index is 3.12. The van der Waals surface area contributed by atoms with Crippen LogP contribution in [0.4, 0.5) is 0 Å². The van der Waals surface area contributed by atoms with Gasteiger partial charge in [0.1, 0.15) is 5.75 Å². The monoisotopic (exact) mass is 264 g/mol. The number of benzene rings is 1. The molecule has 0 heterocycles. The molecule has 0 saturated carbocycles. The van der Waals surface area contributed by atoms with Crippen molar-refractivity contribution in [1.29, 1.82) is 0 Å².